The van der Waals surface area contributed by atoms with Crippen LogP contribution in [0.3, 0.4) is 0 Å². The predicted molar refractivity (Wildman–Crippen MR) is 133 cm³/mol. The number of carbonyl (C=O) groups excluding carboxylic acids is 1. The van der Waals surface area contributed by atoms with Crippen LogP contribution in [0, 0.1) is 11.8 Å². The maximum Gasteiger partial charge on any atom is 0.220 e. The molecule has 4 N–H and O–H groups in total. The quantitative estimate of drug-likeness (QED) is 0.209. The zero-order valence-corrected chi connectivity index (χ0v) is 20.4. The Hall–Kier alpha value is -1.58. The fraction of sp³-hybridized carbons (Fsp3) is 0.682. The van der Waals surface area contributed by atoms with Crippen molar-refractivity contribution in [2.24, 2.45) is 22.6 Å². The molecule has 1 aromatic heterocycles. The Kier molecular flexibility index (Phi) is 10.7. The second-order valence-electron chi connectivity index (χ2n) is 8.30. The summed E-state index contributed by atoms with van der Waals surface area (Å²) in [6.45, 7) is 3.25. The van der Waals surface area contributed by atoms with Crippen LogP contribution >= 0.6 is 24.0 Å². The second-order valence-corrected chi connectivity index (χ2v) is 8.30. The number of hydrogen-bond acceptors (Lipinski definition) is 4. The van der Waals surface area contributed by atoms with Crippen LogP contribution in [0.5, 0.6) is 0 Å². The van der Waals surface area contributed by atoms with Crippen LogP contribution in [0.15, 0.2) is 23.3 Å². The van der Waals surface area contributed by atoms with Crippen LogP contribution in [-0.2, 0) is 11.3 Å². The molecule has 0 spiro atoms. The normalized spacial score (nSPS) is 18.2. The van der Waals surface area contributed by atoms with Crippen molar-refractivity contribution in [2.75, 3.05) is 31.6 Å². The first-order valence-corrected chi connectivity index (χ1v) is 11.1. The van der Waals surface area contributed by atoms with Crippen molar-refractivity contribution in [1.29, 1.82) is 0 Å². The second kappa shape index (κ2) is 13.0. The number of nitrogens with one attached hydrogen (secondary N) is 2. The maximum absolute atomic E-state index is 11.4. The van der Waals surface area contributed by atoms with E-state index in [1.807, 2.05) is 19.3 Å². The third-order valence-corrected chi connectivity index (χ3v) is 6.29. The summed E-state index contributed by atoms with van der Waals surface area (Å²) in [5, 5.41) is 6.85. The van der Waals surface area contributed by atoms with Gasteiger partial charge in [0.2, 0.25) is 5.91 Å². The van der Waals surface area contributed by atoms with Gasteiger partial charge in [0.1, 0.15) is 5.82 Å². The lowest BCUT2D eigenvalue weighted by molar-refractivity contribution is -0.122. The van der Waals surface area contributed by atoms with Crippen LogP contribution < -0.4 is 21.3 Å². The van der Waals surface area contributed by atoms with Gasteiger partial charge in [0.05, 0.1) is 0 Å². The lowest BCUT2D eigenvalue weighted by Gasteiger charge is -2.32. The van der Waals surface area contributed by atoms with Crippen LogP contribution in [-0.4, -0.2) is 43.5 Å². The van der Waals surface area contributed by atoms with Gasteiger partial charge in [-0.05, 0) is 37.7 Å². The van der Waals surface area contributed by atoms with Crippen LogP contribution in [0.4, 0.5) is 5.82 Å². The summed E-state index contributed by atoms with van der Waals surface area (Å²) in [7, 11) is 1.81. The van der Waals surface area contributed by atoms with Gasteiger partial charge in [0, 0.05) is 50.9 Å². The molecule has 1 saturated carbocycles. The molecule has 1 amide bonds. The van der Waals surface area contributed by atoms with Crippen molar-refractivity contribution in [3.63, 3.8) is 0 Å². The zero-order chi connectivity index (χ0) is 20.5. The van der Waals surface area contributed by atoms with Crippen LogP contribution in [0.2, 0.25) is 0 Å². The van der Waals surface area contributed by atoms with Crippen molar-refractivity contribution >= 4 is 41.7 Å². The number of hydrogen-bond donors (Lipinski definition) is 3. The third kappa shape index (κ3) is 7.28. The average molecular weight is 528 g/mol. The van der Waals surface area contributed by atoms with Gasteiger partial charge in [-0.1, -0.05) is 31.7 Å². The molecule has 1 aliphatic carbocycles. The van der Waals surface area contributed by atoms with Gasteiger partial charge in [0.25, 0.3) is 0 Å². The van der Waals surface area contributed by atoms with Crippen molar-refractivity contribution < 1.29 is 4.79 Å². The van der Waals surface area contributed by atoms with Gasteiger partial charge in [-0.25, -0.2) is 4.98 Å². The standard InChI is InChI=1S/C22H36N6O.HI/c1-24-22(26-13-4-8-17-6-2-3-7-17)27-16-19-9-5-12-25-21(19)28-14-10-18(11-15-28)20(23)29;/h5,9,12,17-18H,2-4,6-8,10-11,13-16H2,1H3,(H2,23,29)(H2,24,26,27);1H. The van der Waals surface area contributed by atoms with E-state index < -0.39 is 0 Å². The molecule has 3 rings (SSSR count). The Morgan fingerprint density at radius 2 is 1.97 bits per heavy atom. The molecule has 0 aromatic carbocycles. The molecule has 0 bridgehead atoms. The van der Waals surface area contributed by atoms with Crippen LogP contribution in [0.1, 0.15) is 56.9 Å². The highest BCUT2D eigenvalue weighted by Crippen LogP contribution is 2.28. The Balaban J connectivity index is 0.00000320. The number of nitrogens with zero attached hydrogens (tertiary/aromatic N) is 3. The molecule has 1 aliphatic heterocycles. The summed E-state index contributed by atoms with van der Waals surface area (Å²) in [4.78, 5) is 22.6. The Bertz CT molecular complexity index is 684. The molecule has 7 nitrogen and oxygen atoms in total. The minimum absolute atomic E-state index is 0. The number of guanidine groups is 1. The SMILES string of the molecule is CN=C(NCCCC1CCCC1)NCc1cccnc1N1CCC(C(N)=O)CC1.I. The minimum Gasteiger partial charge on any atom is -0.369 e. The molecule has 2 aliphatic rings. The molecule has 0 radical (unpaired) electrons. The summed E-state index contributed by atoms with van der Waals surface area (Å²) >= 11 is 0. The Morgan fingerprint density at radius 3 is 2.63 bits per heavy atom. The fourth-order valence-electron chi connectivity index (χ4n) is 4.52. The van der Waals surface area contributed by atoms with Gasteiger partial charge in [-0.2, -0.15) is 0 Å². The van der Waals surface area contributed by atoms with Crippen LogP contribution in [0.25, 0.3) is 0 Å². The lowest BCUT2D eigenvalue weighted by Crippen LogP contribution is -2.40. The van der Waals surface area contributed by atoms with Crippen molar-refractivity contribution in [3.8, 4) is 0 Å². The summed E-state index contributed by atoms with van der Waals surface area (Å²) in [5.74, 6) is 2.56. The number of amides is 1. The first-order chi connectivity index (χ1) is 14.2. The van der Waals surface area contributed by atoms with E-state index in [-0.39, 0.29) is 35.8 Å². The topological polar surface area (TPSA) is 95.6 Å². The number of piperidine rings is 1. The number of carbonyl (C=O) groups is 1. The van der Waals surface area contributed by atoms with E-state index in [0.717, 1.165) is 55.7 Å². The van der Waals surface area contributed by atoms with E-state index in [2.05, 4.69) is 31.6 Å². The number of aromatic nitrogens is 1. The molecule has 8 heteroatoms. The van der Waals surface area contributed by atoms with E-state index in [0.29, 0.717) is 6.54 Å². The van der Waals surface area contributed by atoms with Gasteiger partial charge in [-0.15, -0.1) is 24.0 Å². The molecule has 2 fully saturated rings. The summed E-state index contributed by atoms with van der Waals surface area (Å²) < 4.78 is 0. The largest absolute Gasteiger partial charge is 0.369 e. The first kappa shape index (κ1) is 24.7. The Morgan fingerprint density at radius 1 is 1.23 bits per heavy atom. The molecular weight excluding hydrogens is 491 g/mol. The number of nitrogens with two attached hydrogens (primary N) is 1. The molecule has 0 unspecified atom stereocenters. The maximum atomic E-state index is 11.4. The number of anilines is 1. The number of pyridine rings is 1. The summed E-state index contributed by atoms with van der Waals surface area (Å²) in [6, 6.07) is 4.07. The van der Waals surface area contributed by atoms with Gasteiger partial charge < -0.3 is 21.3 Å². The smallest absolute Gasteiger partial charge is 0.220 e. The van der Waals surface area contributed by atoms with E-state index in [1.165, 1.54) is 38.5 Å². The number of rotatable bonds is 8. The van der Waals surface area contributed by atoms with E-state index in [1.54, 1.807) is 0 Å². The summed E-state index contributed by atoms with van der Waals surface area (Å²) in [5.41, 5.74) is 6.60. The average Bonchev–Trinajstić information content (AvgIpc) is 3.27. The third-order valence-electron chi connectivity index (χ3n) is 6.29. The molecular formula is C22H37IN6O. The highest BCUT2D eigenvalue weighted by molar-refractivity contribution is 14.0. The van der Waals surface area contributed by atoms with E-state index in [9.17, 15) is 4.79 Å². The molecule has 168 valence electrons. The molecule has 30 heavy (non-hydrogen) atoms. The zero-order valence-electron chi connectivity index (χ0n) is 18.1. The number of primary amides is 1. The highest BCUT2D eigenvalue weighted by Gasteiger charge is 2.25. The predicted octanol–water partition coefficient (Wildman–Crippen LogP) is 3.04. The van der Waals surface area contributed by atoms with Crippen molar-refractivity contribution in [1.82, 2.24) is 15.6 Å². The van der Waals surface area contributed by atoms with E-state index >= 15 is 0 Å². The van der Waals surface area contributed by atoms with Crippen molar-refractivity contribution in [2.45, 2.75) is 57.9 Å². The summed E-state index contributed by atoms with van der Waals surface area (Å²) in [6.07, 6.45) is 11.6. The number of halogens is 1. The molecule has 1 aromatic rings. The molecule has 1 saturated heterocycles. The van der Waals surface area contributed by atoms with Crippen molar-refractivity contribution in [3.05, 3.63) is 23.9 Å². The minimum atomic E-state index is -0.185. The monoisotopic (exact) mass is 528 g/mol. The lowest BCUT2D eigenvalue weighted by atomic mass is 9.96. The number of aliphatic imine (C=N–C) groups is 1. The van der Waals surface area contributed by atoms with Gasteiger partial charge in [0.15, 0.2) is 5.96 Å². The Labute approximate surface area is 197 Å². The van der Waals surface area contributed by atoms with E-state index in [4.69, 9.17) is 5.73 Å². The van der Waals surface area contributed by atoms with Gasteiger partial charge >= 0.3 is 0 Å². The first-order valence-electron chi connectivity index (χ1n) is 11.1. The van der Waals surface area contributed by atoms with Gasteiger partial charge in [-0.3, -0.25) is 9.79 Å². The molecule has 2 heterocycles. The fourth-order valence-corrected chi connectivity index (χ4v) is 4.52. The molecule has 0 atom stereocenters. The highest BCUT2D eigenvalue weighted by atomic mass is 127.